The molecule has 2 N–H and O–H groups in total. The van der Waals surface area contributed by atoms with E-state index in [1.54, 1.807) is 0 Å². The van der Waals surface area contributed by atoms with Crippen molar-refractivity contribution in [3.05, 3.63) is 26.4 Å². The molecule has 1 rings (SSSR count). The van der Waals surface area contributed by atoms with E-state index in [1.807, 2.05) is 0 Å². The number of alkyl halides is 2. The summed E-state index contributed by atoms with van der Waals surface area (Å²) in [4.78, 5) is 14.3. The highest BCUT2D eigenvalue weighted by molar-refractivity contribution is 9.11. The second-order valence-electron chi connectivity index (χ2n) is 2.36. The number of rotatable bonds is 2. The SMILES string of the molecule is NC(=O)c1cc(Br)c(C(F)F)c(Br)n1. The van der Waals surface area contributed by atoms with Crippen LogP contribution in [0.25, 0.3) is 0 Å². The molecule has 0 aliphatic rings. The molecule has 1 heterocycles. The van der Waals surface area contributed by atoms with Crippen molar-refractivity contribution in [3.63, 3.8) is 0 Å². The van der Waals surface area contributed by atoms with Gasteiger partial charge in [-0.2, -0.15) is 0 Å². The van der Waals surface area contributed by atoms with Crippen molar-refractivity contribution in [1.29, 1.82) is 0 Å². The van der Waals surface area contributed by atoms with Crippen LogP contribution in [0.4, 0.5) is 8.78 Å². The second kappa shape index (κ2) is 4.31. The fraction of sp³-hybridized carbons (Fsp3) is 0.143. The molecular weight excluding hydrogens is 326 g/mol. The van der Waals surface area contributed by atoms with Crippen molar-refractivity contribution in [2.24, 2.45) is 5.73 Å². The van der Waals surface area contributed by atoms with Crippen LogP contribution in [0.3, 0.4) is 0 Å². The molecule has 3 nitrogen and oxygen atoms in total. The van der Waals surface area contributed by atoms with Gasteiger partial charge in [-0.05, 0) is 22.0 Å². The number of primary amides is 1. The minimum absolute atomic E-state index is 0.0758. The summed E-state index contributed by atoms with van der Waals surface area (Å²) in [5, 5.41) is 0. The summed E-state index contributed by atoms with van der Waals surface area (Å²) in [6, 6.07) is 1.16. The maximum absolute atomic E-state index is 12.4. The van der Waals surface area contributed by atoms with Crippen molar-refractivity contribution in [3.8, 4) is 0 Å². The average Bonchev–Trinajstić information content (AvgIpc) is 2.01. The maximum atomic E-state index is 12.4. The number of hydrogen-bond donors (Lipinski definition) is 1. The molecule has 0 fully saturated rings. The van der Waals surface area contributed by atoms with E-state index in [2.05, 4.69) is 36.8 Å². The van der Waals surface area contributed by atoms with Crippen LogP contribution >= 0.6 is 31.9 Å². The van der Waals surface area contributed by atoms with Gasteiger partial charge in [0.25, 0.3) is 12.3 Å². The normalized spacial score (nSPS) is 10.6. The lowest BCUT2D eigenvalue weighted by molar-refractivity contribution is 0.0994. The third kappa shape index (κ3) is 2.27. The quantitative estimate of drug-likeness (QED) is 0.848. The second-order valence-corrected chi connectivity index (χ2v) is 3.96. The number of hydrogen-bond acceptors (Lipinski definition) is 2. The molecule has 14 heavy (non-hydrogen) atoms. The van der Waals surface area contributed by atoms with Gasteiger partial charge in [-0.25, -0.2) is 13.8 Å². The Morgan fingerprint density at radius 3 is 2.43 bits per heavy atom. The molecule has 0 radical (unpaired) electrons. The van der Waals surface area contributed by atoms with Crippen LogP contribution in [0.2, 0.25) is 0 Å². The summed E-state index contributed by atoms with van der Waals surface area (Å²) in [5.74, 6) is -0.771. The first-order chi connectivity index (χ1) is 6.43. The molecule has 1 aromatic heterocycles. The molecule has 0 bridgehead atoms. The zero-order chi connectivity index (χ0) is 10.9. The number of amides is 1. The number of pyridine rings is 1. The summed E-state index contributed by atoms with van der Waals surface area (Å²) in [7, 11) is 0. The fourth-order valence-corrected chi connectivity index (χ4v) is 2.24. The highest BCUT2D eigenvalue weighted by Crippen LogP contribution is 2.33. The average molecular weight is 330 g/mol. The number of nitrogens with two attached hydrogens (primary N) is 1. The molecule has 0 aromatic carbocycles. The Morgan fingerprint density at radius 2 is 2.07 bits per heavy atom. The number of aromatic nitrogens is 1. The van der Waals surface area contributed by atoms with E-state index in [-0.39, 0.29) is 20.3 Å². The van der Waals surface area contributed by atoms with Crippen molar-refractivity contribution >= 4 is 37.8 Å². The summed E-state index contributed by atoms with van der Waals surface area (Å²) < 4.78 is 24.8. The Labute approximate surface area is 94.9 Å². The smallest absolute Gasteiger partial charge is 0.267 e. The molecule has 0 atom stereocenters. The first-order valence-corrected chi connectivity index (χ1v) is 4.96. The lowest BCUT2D eigenvalue weighted by atomic mass is 10.2. The number of carbonyl (C=O) groups excluding carboxylic acids is 1. The Bertz CT molecular complexity index is 361. The Kier molecular flexibility index (Phi) is 3.54. The van der Waals surface area contributed by atoms with Gasteiger partial charge in [0.05, 0.1) is 5.56 Å². The van der Waals surface area contributed by atoms with Gasteiger partial charge in [0.2, 0.25) is 0 Å². The van der Waals surface area contributed by atoms with Crippen LogP contribution in [0.5, 0.6) is 0 Å². The van der Waals surface area contributed by atoms with Crippen molar-refractivity contribution in [2.45, 2.75) is 6.43 Å². The zero-order valence-corrected chi connectivity index (χ0v) is 9.77. The monoisotopic (exact) mass is 328 g/mol. The lowest BCUT2D eigenvalue weighted by Crippen LogP contribution is -2.14. The van der Waals surface area contributed by atoms with Crippen LogP contribution in [0.1, 0.15) is 22.5 Å². The van der Waals surface area contributed by atoms with Gasteiger partial charge in [0.1, 0.15) is 10.3 Å². The zero-order valence-electron chi connectivity index (χ0n) is 6.60. The highest BCUT2D eigenvalue weighted by Gasteiger charge is 2.19. The summed E-state index contributed by atoms with van der Waals surface area (Å²) in [5.41, 5.74) is 4.58. The number of carbonyl (C=O) groups is 1. The van der Waals surface area contributed by atoms with E-state index >= 15 is 0 Å². The van der Waals surface area contributed by atoms with Gasteiger partial charge < -0.3 is 5.73 Å². The maximum Gasteiger partial charge on any atom is 0.267 e. The van der Waals surface area contributed by atoms with Gasteiger partial charge in [-0.15, -0.1) is 0 Å². The van der Waals surface area contributed by atoms with Crippen LogP contribution in [0.15, 0.2) is 15.1 Å². The molecule has 1 aromatic rings. The fourth-order valence-electron chi connectivity index (χ4n) is 0.815. The molecule has 7 heteroatoms. The topological polar surface area (TPSA) is 56.0 Å². The standard InChI is InChI=1S/C7H4Br2F2N2O/c8-2-1-3(7(12)14)13-5(9)4(2)6(10)11/h1,6H,(H2,12,14). The lowest BCUT2D eigenvalue weighted by Gasteiger charge is -2.06. The molecule has 0 aliphatic heterocycles. The molecule has 0 spiro atoms. The Balaban J connectivity index is 3.32. The van der Waals surface area contributed by atoms with Crippen LogP contribution in [-0.2, 0) is 0 Å². The first-order valence-electron chi connectivity index (χ1n) is 3.37. The van der Waals surface area contributed by atoms with E-state index in [0.717, 1.165) is 6.07 Å². The van der Waals surface area contributed by atoms with Gasteiger partial charge in [-0.1, -0.05) is 15.9 Å². The number of halogens is 4. The minimum atomic E-state index is -2.67. The van der Waals surface area contributed by atoms with Crippen LogP contribution < -0.4 is 5.73 Å². The van der Waals surface area contributed by atoms with E-state index in [4.69, 9.17) is 5.73 Å². The molecule has 0 saturated heterocycles. The predicted molar refractivity (Wildman–Crippen MR) is 53.1 cm³/mol. The van der Waals surface area contributed by atoms with Crippen molar-refractivity contribution in [1.82, 2.24) is 4.98 Å². The summed E-state index contributed by atoms with van der Waals surface area (Å²) in [6.07, 6.45) is -2.67. The van der Waals surface area contributed by atoms with E-state index in [0.29, 0.717) is 0 Å². The molecule has 0 unspecified atom stereocenters. The molecule has 0 saturated carbocycles. The van der Waals surface area contributed by atoms with Crippen LogP contribution in [-0.4, -0.2) is 10.9 Å². The van der Waals surface area contributed by atoms with Gasteiger partial charge in [0.15, 0.2) is 0 Å². The number of nitrogens with zero attached hydrogens (tertiary/aromatic N) is 1. The van der Waals surface area contributed by atoms with Gasteiger partial charge in [-0.3, -0.25) is 4.79 Å². The van der Waals surface area contributed by atoms with Gasteiger partial charge >= 0.3 is 0 Å². The largest absolute Gasteiger partial charge is 0.364 e. The summed E-state index contributed by atoms with van der Waals surface area (Å²) in [6.45, 7) is 0. The molecule has 0 aliphatic carbocycles. The molecule has 76 valence electrons. The van der Waals surface area contributed by atoms with Crippen LogP contribution in [0, 0.1) is 0 Å². The minimum Gasteiger partial charge on any atom is -0.364 e. The Hall–Kier alpha value is -0.560. The van der Waals surface area contributed by atoms with Gasteiger partial charge in [0, 0.05) is 4.47 Å². The third-order valence-electron chi connectivity index (χ3n) is 1.43. The molecule has 1 amide bonds. The highest BCUT2D eigenvalue weighted by atomic mass is 79.9. The summed E-state index contributed by atoms with van der Waals surface area (Å²) >= 11 is 5.75. The van der Waals surface area contributed by atoms with E-state index in [1.165, 1.54) is 0 Å². The van der Waals surface area contributed by atoms with Crippen molar-refractivity contribution < 1.29 is 13.6 Å². The predicted octanol–water partition coefficient (Wildman–Crippen LogP) is 2.64. The third-order valence-corrected chi connectivity index (χ3v) is 2.69. The first kappa shape index (κ1) is 11.5. The molecular formula is C7H4Br2F2N2O. The van der Waals surface area contributed by atoms with E-state index in [9.17, 15) is 13.6 Å². The Morgan fingerprint density at radius 1 is 1.50 bits per heavy atom. The van der Waals surface area contributed by atoms with Crippen molar-refractivity contribution in [2.75, 3.05) is 0 Å². The van der Waals surface area contributed by atoms with E-state index < -0.39 is 12.3 Å².